The van der Waals surface area contributed by atoms with Crippen LogP contribution < -0.4 is 4.90 Å². The molecule has 0 spiro atoms. The molecular weight excluding hydrogens is 398 g/mol. The van der Waals surface area contributed by atoms with Gasteiger partial charge in [-0.15, -0.1) is 0 Å². The van der Waals surface area contributed by atoms with E-state index in [0.29, 0.717) is 31.2 Å². The van der Waals surface area contributed by atoms with Gasteiger partial charge in [0.15, 0.2) is 5.69 Å². The average molecular weight is 415 g/mol. The number of hydrogen-bond donors (Lipinski definition) is 0. The van der Waals surface area contributed by atoms with Crippen LogP contribution in [0, 0.1) is 6.57 Å². The molecule has 0 aliphatic carbocycles. The third-order valence-electron chi connectivity index (χ3n) is 4.82. The van der Waals surface area contributed by atoms with E-state index in [1.807, 2.05) is 7.05 Å². The largest absolute Gasteiger partial charge is 0.567 e. The Morgan fingerprint density at radius 1 is 1.21 bits per heavy atom. The lowest BCUT2D eigenvalue weighted by Gasteiger charge is -2.32. The SMILES string of the molecule is C#[N+][C@]1(OC(=O)N2CCN(C)CC2)c2nccnc2C(=O)N1c1ccc(Cl)cn1. The summed E-state index contributed by atoms with van der Waals surface area (Å²) >= 11 is 5.91. The van der Waals surface area contributed by atoms with Gasteiger partial charge in [-0.05, 0) is 19.2 Å². The van der Waals surface area contributed by atoms with Gasteiger partial charge in [0, 0.05) is 49.6 Å². The van der Waals surface area contributed by atoms with Crippen molar-refractivity contribution >= 4 is 29.4 Å². The number of rotatable bonds is 2. The number of carbonyl (C=O) groups excluding carboxylic acids is 2. The van der Waals surface area contributed by atoms with E-state index in [9.17, 15) is 9.59 Å². The first kappa shape index (κ1) is 19.0. The Kier molecular flexibility index (Phi) is 4.77. The monoisotopic (exact) mass is 414 g/mol. The van der Waals surface area contributed by atoms with Gasteiger partial charge in [0.05, 0.1) is 5.02 Å². The third-order valence-corrected chi connectivity index (χ3v) is 5.05. The molecule has 0 saturated carbocycles. The van der Waals surface area contributed by atoms with Crippen LogP contribution in [0.4, 0.5) is 10.6 Å². The van der Waals surface area contributed by atoms with Crippen molar-refractivity contribution in [2.75, 3.05) is 38.1 Å². The molecular formula is C18H17ClN7O3+. The van der Waals surface area contributed by atoms with Gasteiger partial charge >= 0.3 is 11.9 Å². The average Bonchev–Trinajstić information content (AvgIpc) is 2.98. The highest BCUT2D eigenvalue weighted by Crippen LogP contribution is 2.42. The van der Waals surface area contributed by atoms with Gasteiger partial charge < -0.3 is 14.5 Å². The highest BCUT2D eigenvalue weighted by molar-refractivity contribution is 6.30. The molecule has 2 aromatic rings. The number of carbonyl (C=O) groups is 2. The number of pyridine rings is 1. The predicted octanol–water partition coefficient (Wildman–Crippen LogP) is 1.64. The van der Waals surface area contributed by atoms with Gasteiger partial charge in [-0.2, -0.15) is 4.90 Å². The Hall–Kier alpha value is -3.29. The molecule has 0 aromatic carbocycles. The number of anilines is 1. The zero-order valence-corrected chi connectivity index (χ0v) is 16.3. The highest BCUT2D eigenvalue weighted by atomic mass is 35.5. The van der Waals surface area contributed by atoms with Crippen molar-refractivity contribution in [1.82, 2.24) is 24.8 Å². The van der Waals surface area contributed by atoms with Crippen LogP contribution in [0.15, 0.2) is 30.7 Å². The van der Waals surface area contributed by atoms with Gasteiger partial charge in [0.25, 0.3) is 12.5 Å². The number of amides is 2. The molecule has 2 amide bonds. The molecule has 4 heterocycles. The second kappa shape index (κ2) is 7.27. The standard InChI is InChI=1S/C18H17ClN7O3/c1-20-18(29-17(28)25-9-7-24(2)8-10-25)15-14(21-5-6-22-15)16(27)26(18)13-4-3-12(19)11-23-13/h1,3-6,11H,7-10H2,2H3/q+1/t18-/m1/s1. The summed E-state index contributed by atoms with van der Waals surface area (Å²) in [5, 5.41) is 0.374. The number of halogens is 1. The van der Waals surface area contributed by atoms with E-state index in [2.05, 4.69) is 24.7 Å². The van der Waals surface area contributed by atoms with Crippen LogP contribution in [0.1, 0.15) is 16.2 Å². The van der Waals surface area contributed by atoms with E-state index in [-0.39, 0.29) is 17.2 Å². The minimum atomic E-state index is -2.03. The van der Waals surface area contributed by atoms with E-state index in [4.69, 9.17) is 22.9 Å². The Labute approximate surface area is 171 Å². The maximum Gasteiger partial charge on any atom is 0.567 e. The van der Waals surface area contributed by atoms with Crippen molar-refractivity contribution in [3.8, 4) is 6.57 Å². The number of hydrogen-bond acceptors (Lipinski definition) is 7. The number of piperazine rings is 1. The fourth-order valence-corrected chi connectivity index (χ4v) is 3.37. The van der Waals surface area contributed by atoms with Crippen LogP contribution in [0.25, 0.3) is 4.85 Å². The molecule has 2 aliphatic rings. The van der Waals surface area contributed by atoms with Crippen molar-refractivity contribution < 1.29 is 14.3 Å². The number of fused-ring (bicyclic) bond motifs is 1. The van der Waals surface area contributed by atoms with E-state index >= 15 is 0 Å². The summed E-state index contributed by atoms with van der Waals surface area (Å²) in [6.45, 7) is 8.03. The number of likely N-dealkylation sites (N-methyl/N-ethyl adjacent to an activating group) is 1. The molecule has 29 heavy (non-hydrogen) atoms. The minimum Gasteiger partial charge on any atom is -0.346 e. The van der Waals surface area contributed by atoms with Gasteiger partial charge in [-0.25, -0.2) is 19.7 Å². The number of ether oxygens (including phenoxy) is 1. The quantitative estimate of drug-likeness (QED) is 0.737. The maximum absolute atomic E-state index is 13.1. The first-order valence-electron chi connectivity index (χ1n) is 8.82. The van der Waals surface area contributed by atoms with Crippen LogP contribution in [-0.4, -0.2) is 70.0 Å². The molecule has 1 atom stereocenters. The predicted molar refractivity (Wildman–Crippen MR) is 104 cm³/mol. The van der Waals surface area contributed by atoms with Crippen molar-refractivity contribution in [2.24, 2.45) is 0 Å². The molecule has 0 bridgehead atoms. The summed E-state index contributed by atoms with van der Waals surface area (Å²) in [4.78, 5) is 46.9. The molecule has 1 saturated heterocycles. The molecule has 0 unspecified atom stereocenters. The summed E-state index contributed by atoms with van der Waals surface area (Å²) in [6.07, 6.45) is 3.42. The lowest BCUT2D eigenvalue weighted by atomic mass is 10.2. The van der Waals surface area contributed by atoms with E-state index in [0.717, 1.165) is 4.90 Å². The van der Waals surface area contributed by atoms with Crippen molar-refractivity contribution in [3.05, 3.63) is 52.0 Å². The fourth-order valence-electron chi connectivity index (χ4n) is 3.26. The molecule has 1 fully saturated rings. The normalized spacial score (nSPS) is 21.6. The first-order chi connectivity index (χ1) is 14.0. The second-order valence-corrected chi connectivity index (χ2v) is 7.06. The highest BCUT2D eigenvalue weighted by Gasteiger charge is 2.67. The van der Waals surface area contributed by atoms with E-state index in [1.165, 1.54) is 29.6 Å². The summed E-state index contributed by atoms with van der Waals surface area (Å²) in [5.41, 5.74) is -0.00338. The summed E-state index contributed by atoms with van der Waals surface area (Å²) < 4.78 is 5.72. The molecule has 148 valence electrons. The first-order valence-corrected chi connectivity index (χ1v) is 9.20. The molecule has 0 radical (unpaired) electrons. The number of aromatic nitrogens is 3. The van der Waals surface area contributed by atoms with Crippen LogP contribution in [0.5, 0.6) is 0 Å². The molecule has 0 N–H and O–H groups in total. The van der Waals surface area contributed by atoms with Crippen molar-refractivity contribution in [1.29, 1.82) is 0 Å². The molecule has 10 nitrogen and oxygen atoms in total. The Bertz CT molecular complexity index is 1000. The summed E-state index contributed by atoms with van der Waals surface area (Å²) in [6, 6.07) is 3.04. The zero-order chi connectivity index (χ0) is 20.6. The summed E-state index contributed by atoms with van der Waals surface area (Å²) in [5.74, 6) is -2.48. The zero-order valence-electron chi connectivity index (χ0n) is 15.5. The topological polar surface area (TPSA) is 96.1 Å². The van der Waals surface area contributed by atoms with Gasteiger partial charge in [0.2, 0.25) is 5.69 Å². The third kappa shape index (κ3) is 3.14. The fraction of sp³-hybridized carbons (Fsp3) is 0.333. The Morgan fingerprint density at radius 3 is 2.59 bits per heavy atom. The lowest BCUT2D eigenvalue weighted by molar-refractivity contribution is 0.00968. The lowest BCUT2D eigenvalue weighted by Crippen LogP contribution is -2.52. The summed E-state index contributed by atoms with van der Waals surface area (Å²) in [7, 11) is 1.97. The van der Waals surface area contributed by atoms with E-state index < -0.39 is 17.8 Å². The smallest absolute Gasteiger partial charge is 0.346 e. The van der Waals surface area contributed by atoms with Crippen molar-refractivity contribution in [2.45, 2.75) is 5.85 Å². The van der Waals surface area contributed by atoms with Crippen LogP contribution in [0.2, 0.25) is 5.02 Å². The second-order valence-electron chi connectivity index (χ2n) is 6.62. The van der Waals surface area contributed by atoms with Gasteiger partial charge in [-0.3, -0.25) is 4.79 Å². The van der Waals surface area contributed by atoms with Crippen LogP contribution in [-0.2, 0) is 10.6 Å². The molecule has 2 aromatic heterocycles. The van der Waals surface area contributed by atoms with Gasteiger partial charge in [-0.1, -0.05) is 11.6 Å². The minimum absolute atomic E-state index is 0.0201. The van der Waals surface area contributed by atoms with Crippen LogP contribution in [0.3, 0.4) is 0 Å². The van der Waals surface area contributed by atoms with Crippen LogP contribution >= 0.6 is 11.6 Å². The molecule has 4 rings (SSSR count). The number of nitrogens with zero attached hydrogens (tertiary/aromatic N) is 7. The maximum atomic E-state index is 13.1. The van der Waals surface area contributed by atoms with Crippen molar-refractivity contribution in [3.63, 3.8) is 0 Å². The molecule has 11 heteroatoms. The Morgan fingerprint density at radius 2 is 1.93 bits per heavy atom. The Balaban J connectivity index is 1.76. The molecule has 2 aliphatic heterocycles. The van der Waals surface area contributed by atoms with Gasteiger partial charge in [0.1, 0.15) is 5.82 Å². The van der Waals surface area contributed by atoms with E-state index in [1.54, 1.807) is 6.07 Å².